The molecule has 2 aromatic carbocycles. The van der Waals surface area contributed by atoms with Gasteiger partial charge in [-0.1, -0.05) is 6.07 Å². The summed E-state index contributed by atoms with van der Waals surface area (Å²) in [6.07, 6.45) is 1.41. The van der Waals surface area contributed by atoms with E-state index in [1.165, 1.54) is 0 Å². The number of carbonyl (C=O) groups is 2. The minimum absolute atomic E-state index is 0.00370. The van der Waals surface area contributed by atoms with Crippen molar-refractivity contribution in [2.75, 3.05) is 25.5 Å². The third-order valence-corrected chi connectivity index (χ3v) is 4.96. The minimum Gasteiger partial charge on any atom is -0.497 e. The predicted molar refractivity (Wildman–Crippen MR) is 112 cm³/mol. The van der Waals surface area contributed by atoms with Crippen molar-refractivity contribution >= 4 is 17.5 Å². The molecule has 0 aromatic heterocycles. The molecule has 1 N–H and O–H groups in total. The summed E-state index contributed by atoms with van der Waals surface area (Å²) in [7, 11) is 1.58. The lowest BCUT2D eigenvalue weighted by molar-refractivity contribution is -0.121. The highest BCUT2D eigenvalue weighted by atomic mass is 16.5. The van der Waals surface area contributed by atoms with E-state index in [2.05, 4.69) is 5.32 Å². The highest BCUT2D eigenvalue weighted by Gasteiger charge is 2.28. The number of amides is 2. The van der Waals surface area contributed by atoms with Gasteiger partial charge in [0.05, 0.1) is 13.2 Å². The number of nitrogens with zero attached hydrogens (tertiary/aromatic N) is 1. The molecule has 1 aliphatic heterocycles. The van der Waals surface area contributed by atoms with Crippen LogP contribution in [0.2, 0.25) is 0 Å². The van der Waals surface area contributed by atoms with Crippen molar-refractivity contribution in [3.05, 3.63) is 54.1 Å². The Bertz CT molecular complexity index is 840. The first kappa shape index (κ1) is 20.7. The average molecular weight is 396 g/mol. The number of anilines is 1. The van der Waals surface area contributed by atoms with Crippen LogP contribution in [0.1, 0.15) is 37.0 Å². The van der Waals surface area contributed by atoms with Gasteiger partial charge in [-0.05, 0) is 69.2 Å². The molecule has 0 atom stereocenters. The van der Waals surface area contributed by atoms with E-state index < -0.39 is 0 Å². The van der Waals surface area contributed by atoms with Gasteiger partial charge in [-0.2, -0.15) is 0 Å². The summed E-state index contributed by atoms with van der Waals surface area (Å²) >= 11 is 0. The number of hydrogen-bond donors (Lipinski definition) is 1. The van der Waals surface area contributed by atoms with Crippen molar-refractivity contribution in [1.82, 2.24) is 4.90 Å². The molecule has 29 heavy (non-hydrogen) atoms. The Labute approximate surface area is 171 Å². The summed E-state index contributed by atoms with van der Waals surface area (Å²) in [4.78, 5) is 27.1. The van der Waals surface area contributed by atoms with E-state index in [1.807, 2.05) is 50.2 Å². The maximum absolute atomic E-state index is 12.7. The molecule has 0 aliphatic carbocycles. The summed E-state index contributed by atoms with van der Waals surface area (Å²) < 4.78 is 10.8. The van der Waals surface area contributed by atoms with Crippen LogP contribution in [0.15, 0.2) is 48.5 Å². The third kappa shape index (κ3) is 5.50. The second-order valence-electron chi connectivity index (χ2n) is 7.48. The van der Waals surface area contributed by atoms with E-state index in [4.69, 9.17) is 9.47 Å². The number of rotatable bonds is 6. The second kappa shape index (κ2) is 9.45. The average Bonchev–Trinajstić information content (AvgIpc) is 2.74. The Hall–Kier alpha value is -3.02. The first-order valence-corrected chi connectivity index (χ1v) is 9.97. The number of methoxy groups -OCH3 is 1. The Morgan fingerprint density at radius 2 is 1.72 bits per heavy atom. The lowest BCUT2D eigenvalue weighted by atomic mass is 9.95. The van der Waals surface area contributed by atoms with Crippen molar-refractivity contribution < 1.29 is 19.1 Å². The largest absolute Gasteiger partial charge is 0.497 e. The molecular weight excluding hydrogens is 368 g/mol. The third-order valence-electron chi connectivity index (χ3n) is 4.96. The highest BCUT2D eigenvalue weighted by Crippen LogP contribution is 2.23. The Morgan fingerprint density at radius 3 is 2.34 bits per heavy atom. The van der Waals surface area contributed by atoms with Crippen LogP contribution in [0.5, 0.6) is 11.5 Å². The summed E-state index contributed by atoms with van der Waals surface area (Å²) in [5.74, 6) is 1.31. The van der Waals surface area contributed by atoms with Gasteiger partial charge < -0.3 is 19.7 Å². The van der Waals surface area contributed by atoms with Crippen LogP contribution in [-0.2, 0) is 4.79 Å². The van der Waals surface area contributed by atoms with Gasteiger partial charge in [0.2, 0.25) is 5.91 Å². The summed E-state index contributed by atoms with van der Waals surface area (Å²) in [5, 5.41) is 2.97. The predicted octanol–water partition coefficient (Wildman–Crippen LogP) is 3.97. The van der Waals surface area contributed by atoms with E-state index in [1.54, 1.807) is 24.1 Å². The van der Waals surface area contributed by atoms with E-state index >= 15 is 0 Å². The standard InChI is InChI=1S/C23H28N2O4/c1-16(2)29-20-9-7-19(8-10-20)24-22(26)17-11-13-25(14-12-17)23(27)18-5-4-6-21(15-18)28-3/h4-10,15-17H,11-14H2,1-3H3,(H,24,26). The van der Waals surface area contributed by atoms with E-state index in [0.717, 1.165) is 11.4 Å². The molecule has 0 spiro atoms. The van der Waals surface area contributed by atoms with Crippen LogP contribution in [0.3, 0.4) is 0 Å². The molecule has 1 saturated heterocycles. The van der Waals surface area contributed by atoms with Crippen LogP contribution >= 0.6 is 0 Å². The smallest absolute Gasteiger partial charge is 0.253 e. The van der Waals surface area contributed by atoms with Gasteiger partial charge in [0.15, 0.2) is 0 Å². The molecular formula is C23H28N2O4. The van der Waals surface area contributed by atoms with Gasteiger partial charge >= 0.3 is 0 Å². The molecule has 0 radical (unpaired) electrons. The molecule has 0 saturated carbocycles. The molecule has 2 amide bonds. The van der Waals surface area contributed by atoms with Gasteiger partial charge in [-0.3, -0.25) is 9.59 Å². The van der Waals surface area contributed by atoms with Crippen molar-refractivity contribution in [2.45, 2.75) is 32.8 Å². The topological polar surface area (TPSA) is 67.9 Å². The first-order chi connectivity index (χ1) is 14.0. The van der Waals surface area contributed by atoms with Crippen molar-refractivity contribution in [1.29, 1.82) is 0 Å². The first-order valence-electron chi connectivity index (χ1n) is 9.97. The molecule has 154 valence electrons. The Balaban J connectivity index is 1.52. The van der Waals surface area contributed by atoms with E-state index in [-0.39, 0.29) is 23.8 Å². The number of hydrogen-bond acceptors (Lipinski definition) is 4. The molecule has 2 aromatic rings. The minimum atomic E-state index is -0.101. The summed E-state index contributed by atoms with van der Waals surface area (Å²) in [6.45, 7) is 5.08. The summed E-state index contributed by atoms with van der Waals surface area (Å²) in [6, 6.07) is 14.5. The molecule has 0 unspecified atom stereocenters. The fraction of sp³-hybridized carbons (Fsp3) is 0.391. The zero-order chi connectivity index (χ0) is 20.8. The van der Waals surface area contributed by atoms with Crippen molar-refractivity contribution in [3.8, 4) is 11.5 Å². The Morgan fingerprint density at radius 1 is 1.03 bits per heavy atom. The fourth-order valence-electron chi connectivity index (χ4n) is 3.42. The normalized spacial score (nSPS) is 14.6. The number of nitrogens with one attached hydrogen (secondary N) is 1. The van der Waals surface area contributed by atoms with Gasteiger partial charge in [-0.25, -0.2) is 0 Å². The molecule has 1 heterocycles. The number of likely N-dealkylation sites (tertiary alicyclic amines) is 1. The Kier molecular flexibility index (Phi) is 6.75. The number of ether oxygens (including phenoxy) is 2. The SMILES string of the molecule is COc1cccc(C(=O)N2CCC(C(=O)Nc3ccc(OC(C)C)cc3)CC2)c1. The zero-order valence-corrected chi connectivity index (χ0v) is 17.2. The van der Waals surface area contributed by atoms with Gasteiger partial charge in [0, 0.05) is 30.3 Å². The molecule has 1 fully saturated rings. The number of piperidine rings is 1. The van der Waals surface area contributed by atoms with Crippen LogP contribution < -0.4 is 14.8 Å². The molecule has 6 heteroatoms. The number of benzene rings is 2. The molecule has 1 aliphatic rings. The fourth-order valence-corrected chi connectivity index (χ4v) is 3.42. The maximum atomic E-state index is 12.7. The van der Waals surface area contributed by atoms with Crippen LogP contribution in [0.25, 0.3) is 0 Å². The van der Waals surface area contributed by atoms with E-state index in [9.17, 15) is 9.59 Å². The van der Waals surface area contributed by atoms with Crippen molar-refractivity contribution in [2.24, 2.45) is 5.92 Å². The monoisotopic (exact) mass is 396 g/mol. The molecule has 0 bridgehead atoms. The summed E-state index contributed by atoms with van der Waals surface area (Å²) in [5.41, 5.74) is 1.36. The lowest BCUT2D eigenvalue weighted by Gasteiger charge is -2.31. The van der Waals surface area contributed by atoms with Crippen molar-refractivity contribution in [3.63, 3.8) is 0 Å². The molecule has 3 rings (SSSR count). The van der Waals surface area contributed by atoms with Crippen LogP contribution in [0, 0.1) is 5.92 Å². The van der Waals surface area contributed by atoms with E-state index in [0.29, 0.717) is 37.2 Å². The van der Waals surface area contributed by atoms with Crippen LogP contribution in [-0.4, -0.2) is 43.0 Å². The lowest BCUT2D eigenvalue weighted by Crippen LogP contribution is -2.41. The maximum Gasteiger partial charge on any atom is 0.253 e. The van der Waals surface area contributed by atoms with Gasteiger partial charge in [0.1, 0.15) is 11.5 Å². The number of carbonyl (C=O) groups excluding carboxylic acids is 2. The zero-order valence-electron chi connectivity index (χ0n) is 17.2. The van der Waals surface area contributed by atoms with Gasteiger partial charge in [-0.15, -0.1) is 0 Å². The van der Waals surface area contributed by atoms with Crippen LogP contribution in [0.4, 0.5) is 5.69 Å². The quantitative estimate of drug-likeness (QED) is 0.802. The van der Waals surface area contributed by atoms with Gasteiger partial charge in [0.25, 0.3) is 5.91 Å². The second-order valence-corrected chi connectivity index (χ2v) is 7.48. The highest BCUT2D eigenvalue weighted by molar-refractivity contribution is 5.95. The molecule has 6 nitrogen and oxygen atoms in total.